The van der Waals surface area contributed by atoms with Crippen LogP contribution in [0, 0.1) is 5.92 Å². The minimum Gasteiger partial charge on any atom is -0.355 e. The highest BCUT2D eigenvalue weighted by Crippen LogP contribution is 2.29. The monoisotopic (exact) mass is 285 g/mol. The van der Waals surface area contributed by atoms with Gasteiger partial charge in [0.25, 0.3) is 0 Å². The van der Waals surface area contributed by atoms with Crippen molar-refractivity contribution in [1.82, 2.24) is 9.97 Å². The Bertz CT molecular complexity index is 370. The summed E-state index contributed by atoms with van der Waals surface area (Å²) in [7, 11) is 0. The quantitative estimate of drug-likeness (QED) is 0.654. The van der Waals surface area contributed by atoms with Gasteiger partial charge in [-0.2, -0.15) is 4.98 Å². The largest absolute Gasteiger partial charge is 0.355 e. The van der Waals surface area contributed by atoms with E-state index in [1.54, 1.807) is 6.20 Å². The number of nitrogen functional groups attached to an aromatic ring is 1. The van der Waals surface area contributed by atoms with Crippen molar-refractivity contribution in [3.8, 4) is 0 Å². The first-order chi connectivity index (χ1) is 7.74. The second kappa shape index (κ2) is 4.97. The van der Waals surface area contributed by atoms with E-state index in [4.69, 9.17) is 5.84 Å². The molecule has 0 bridgehead atoms. The summed E-state index contributed by atoms with van der Waals surface area (Å²) < 4.78 is 0.920. The van der Waals surface area contributed by atoms with Gasteiger partial charge in [-0.1, -0.05) is 13.3 Å². The summed E-state index contributed by atoms with van der Waals surface area (Å²) in [6.45, 7) is 4.35. The molecule has 0 aromatic carbocycles. The Morgan fingerprint density at radius 3 is 3.12 bits per heavy atom. The molecule has 0 spiro atoms. The fourth-order valence-electron chi connectivity index (χ4n) is 2.01. The number of anilines is 2. The molecule has 1 saturated heterocycles. The van der Waals surface area contributed by atoms with E-state index in [1.807, 2.05) is 0 Å². The van der Waals surface area contributed by atoms with Crippen LogP contribution in [0.3, 0.4) is 0 Å². The zero-order valence-electron chi connectivity index (χ0n) is 9.28. The van der Waals surface area contributed by atoms with Crippen molar-refractivity contribution in [3.63, 3.8) is 0 Å². The third-order valence-corrected chi connectivity index (χ3v) is 3.58. The minimum absolute atomic E-state index is 0.457. The molecule has 1 fully saturated rings. The van der Waals surface area contributed by atoms with E-state index in [1.165, 1.54) is 12.8 Å². The van der Waals surface area contributed by atoms with Crippen LogP contribution in [0.2, 0.25) is 0 Å². The van der Waals surface area contributed by atoms with Gasteiger partial charge in [-0.15, -0.1) is 0 Å². The van der Waals surface area contributed by atoms with Gasteiger partial charge in [0.1, 0.15) is 5.82 Å². The molecule has 0 amide bonds. The molecule has 1 aliphatic heterocycles. The molecule has 16 heavy (non-hydrogen) atoms. The number of aromatic nitrogens is 2. The van der Waals surface area contributed by atoms with E-state index >= 15 is 0 Å². The van der Waals surface area contributed by atoms with Crippen LogP contribution in [0.15, 0.2) is 10.7 Å². The van der Waals surface area contributed by atoms with Crippen LogP contribution in [0.25, 0.3) is 0 Å². The number of halogens is 1. The highest BCUT2D eigenvalue weighted by Gasteiger charge is 2.23. The average Bonchev–Trinajstić information content (AvgIpc) is 2.78. The van der Waals surface area contributed by atoms with Gasteiger partial charge in [-0.05, 0) is 28.3 Å². The standard InChI is InChI=1S/C10H16BrN5/c1-2-7-3-4-16(6-7)9-8(11)5-13-10(14-9)15-12/h5,7H,2-4,6,12H2,1H3,(H,13,14,15). The maximum Gasteiger partial charge on any atom is 0.239 e. The van der Waals surface area contributed by atoms with Gasteiger partial charge < -0.3 is 4.90 Å². The zero-order valence-corrected chi connectivity index (χ0v) is 10.9. The predicted molar refractivity (Wildman–Crippen MR) is 68.2 cm³/mol. The first kappa shape index (κ1) is 11.6. The number of nitrogens with zero attached hydrogens (tertiary/aromatic N) is 3. The summed E-state index contributed by atoms with van der Waals surface area (Å²) >= 11 is 3.48. The molecular weight excluding hydrogens is 270 g/mol. The van der Waals surface area contributed by atoms with Crippen LogP contribution < -0.4 is 16.2 Å². The number of hydrogen-bond acceptors (Lipinski definition) is 5. The molecule has 0 saturated carbocycles. The first-order valence-corrected chi connectivity index (χ1v) is 6.28. The van der Waals surface area contributed by atoms with Gasteiger partial charge in [-0.3, -0.25) is 5.43 Å². The summed E-state index contributed by atoms with van der Waals surface area (Å²) in [5, 5.41) is 0. The number of hydrazine groups is 1. The minimum atomic E-state index is 0.457. The highest BCUT2D eigenvalue weighted by molar-refractivity contribution is 9.10. The van der Waals surface area contributed by atoms with Gasteiger partial charge in [-0.25, -0.2) is 10.8 Å². The normalized spacial score (nSPS) is 20.2. The molecule has 6 heteroatoms. The maximum atomic E-state index is 5.31. The predicted octanol–water partition coefficient (Wildman–Crippen LogP) is 1.76. The second-order valence-corrected chi connectivity index (χ2v) is 4.87. The third-order valence-electron chi connectivity index (χ3n) is 3.02. The van der Waals surface area contributed by atoms with E-state index < -0.39 is 0 Å². The third kappa shape index (κ3) is 2.27. The van der Waals surface area contributed by atoms with Crippen LogP contribution in [0.4, 0.5) is 11.8 Å². The van der Waals surface area contributed by atoms with Crippen LogP contribution in [0.5, 0.6) is 0 Å². The Balaban J connectivity index is 2.20. The Hall–Kier alpha value is -0.880. The molecule has 2 rings (SSSR count). The Morgan fingerprint density at radius 2 is 2.50 bits per heavy atom. The smallest absolute Gasteiger partial charge is 0.239 e. The highest BCUT2D eigenvalue weighted by atomic mass is 79.9. The fraction of sp³-hybridized carbons (Fsp3) is 0.600. The maximum absolute atomic E-state index is 5.31. The molecule has 3 N–H and O–H groups in total. The first-order valence-electron chi connectivity index (χ1n) is 5.48. The summed E-state index contributed by atoms with van der Waals surface area (Å²) in [6.07, 6.45) is 4.19. The van der Waals surface area contributed by atoms with Crippen molar-refractivity contribution in [2.24, 2.45) is 11.8 Å². The van der Waals surface area contributed by atoms with Gasteiger partial charge >= 0.3 is 0 Å². The lowest BCUT2D eigenvalue weighted by atomic mass is 10.1. The second-order valence-electron chi connectivity index (χ2n) is 4.02. The lowest BCUT2D eigenvalue weighted by Crippen LogP contribution is -2.22. The average molecular weight is 286 g/mol. The van der Waals surface area contributed by atoms with Gasteiger partial charge in [0, 0.05) is 19.3 Å². The number of rotatable bonds is 3. The summed E-state index contributed by atoms with van der Waals surface area (Å²) in [6, 6.07) is 0. The zero-order chi connectivity index (χ0) is 11.5. The molecule has 1 aliphatic rings. The van der Waals surface area contributed by atoms with Crippen molar-refractivity contribution in [2.45, 2.75) is 19.8 Å². The van der Waals surface area contributed by atoms with Gasteiger partial charge in [0.05, 0.1) is 4.47 Å². The molecule has 1 aromatic heterocycles. The molecule has 1 atom stereocenters. The fourth-order valence-corrected chi connectivity index (χ4v) is 2.45. The Kier molecular flexibility index (Phi) is 3.60. The Labute approximate surface area is 104 Å². The molecule has 1 aromatic rings. The topological polar surface area (TPSA) is 67.1 Å². The van der Waals surface area contributed by atoms with Crippen molar-refractivity contribution in [2.75, 3.05) is 23.4 Å². The van der Waals surface area contributed by atoms with Crippen molar-refractivity contribution < 1.29 is 0 Å². The van der Waals surface area contributed by atoms with Gasteiger partial charge in [0.15, 0.2) is 0 Å². The Morgan fingerprint density at radius 1 is 1.69 bits per heavy atom. The molecule has 1 unspecified atom stereocenters. The lowest BCUT2D eigenvalue weighted by molar-refractivity contribution is 0.568. The van der Waals surface area contributed by atoms with Crippen molar-refractivity contribution >= 4 is 27.7 Å². The summed E-state index contributed by atoms with van der Waals surface area (Å²) in [5.41, 5.74) is 2.47. The molecule has 0 aliphatic carbocycles. The molecule has 88 valence electrons. The van der Waals surface area contributed by atoms with E-state index in [2.05, 4.69) is 43.1 Å². The molecular formula is C10H16BrN5. The number of nitrogens with two attached hydrogens (primary N) is 1. The van der Waals surface area contributed by atoms with Crippen LogP contribution in [-0.4, -0.2) is 23.1 Å². The lowest BCUT2D eigenvalue weighted by Gasteiger charge is -2.19. The number of hydrogen-bond donors (Lipinski definition) is 2. The van der Waals surface area contributed by atoms with Crippen LogP contribution >= 0.6 is 15.9 Å². The van der Waals surface area contributed by atoms with E-state index in [-0.39, 0.29) is 0 Å². The van der Waals surface area contributed by atoms with E-state index in [0.717, 1.165) is 29.3 Å². The van der Waals surface area contributed by atoms with Crippen molar-refractivity contribution in [1.29, 1.82) is 0 Å². The van der Waals surface area contributed by atoms with Crippen LogP contribution in [0.1, 0.15) is 19.8 Å². The molecule has 0 radical (unpaired) electrons. The summed E-state index contributed by atoms with van der Waals surface area (Å²) in [5.74, 6) is 7.47. The summed E-state index contributed by atoms with van der Waals surface area (Å²) in [4.78, 5) is 10.7. The molecule has 2 heterocycles. The molecule has 5 nitrogen and oxygen atoms in total. The van der Waals surface area contributed by atoms with Gasteiger partial charge in [0.2, 0.25) is 5.95 Å². The van der Waals surface area contributed by atoms with E-state index in [9.17, 15) is 0 Å². The van der Waals surface area contributed by atoms with E-state index in [0.29, 0.717) is 5.95 Å². The van der Waals surface area contributed by atoms with Crippen molar-refractivity contribution in [3.05, 3.63) is 10.7 Å². The number of nitrogens with one attached hydrogen (secondary N) is 1. The van der Waals surface area contributed by atoms with Crippen LogP contribution in [-0.2, 0) is 0 Å². The SMILES string of the molecule is CCC1CCN(c2nc(NN)ncc2Br)C1.